The van der Waals surface area contributed by atoms with E-state index in [2.05, 4.69) is 4.74 Å². The highest BCUT2D eigenvalue weighted by atomic mass is 19.4. The van der Waals surface area contributed by atoms with Crippen molar-refractivity contribution in [2.75, 3.05) is 0 Å². The van der Waals surface area contributed by atoms with Crippen LogP contribution >= 0.6 is 0 Å². The van der Waals surface area contributed by atoms with Crippen LogP contribution in [0.2, 0.25) is 0 Å². The largest absolute Gasteiger partial charge is 0.573 e. The summed E-state index contributed by atoms with van der Waals surface area (Å²) >= 11 is 0. The van der Waals surface area contributed by atoms with Crippen LogP contribution in [-0.4, -0.2) is 11.3 Å². The maximum atomic E-state index is 13.1. The summed E-state index contributed by atoms with van der Waals surface area (Å²) in [7, 11) is 0. The quantitative estimate of drug-likeness (QED) is 0.453. The Morgan fingerprint density at radius 1 is 1.38 bits per heavy atom. The van der Waals surface area contributed by atoms with E-state index in [-0.39, 0.29) is 5.56 Å². The number of hydrogen-bond donors (Lipinski definition) is 0. The Kier molecular flexibility index (Phi) is 3.02. The monoisotopic (exact) mass is 239 g/mol. The molecule has 0 amide bonds. The van der Waals surface area contributed by atoms with Crippen LogP contribution < -0.4 is 4.74 Å². The number of ether oxygens (including phenoxy) is 1. The molecule has 4 nitrogen and oxygen atoms in total. The smallest absolute Gasteiger partial charge is 0.406 e. The highest BCUT2D eigenvalue weighted by molar-refractivity contribution is 5.44. The molecule has 1 aromatic carbocycles. The van der Waals surface area contributed by atoms with Crippen LogP contribution in [0, 0.1) is 22.9 Å². The molecular weight excluding hydrogens is 234 g/mol. The van der Waals surface area contributed by atoms with Crippen molar-refractivity contribution in [2.45, 2.75) is 13.3 Å². The van der Waals surface area contributed by atoms with E-state index in [1.807, 2.05) is 0 Å². The molecule has 0 bridgehead atoms. The molecule has 8 heteroatoms. The summed E-state index contributed by atoms with van der Waals surface area (Å²) in [6, 6.07) is 1.12. The molecule has 16 heavy (non-hydrogen) atoms. The van der Waals surface area contributed by atoms with Gasteiger partial charge in [-0.1, -0.05) is 0 Å². The van der Waals surface area contributed by atoms with Crippen molar-refractivity contribution in [1.29, 1.82) is 0 Å². The lowest BCUT2D eigenvalue weighted by Gasteiger charge is -2.09. The molecule has 1 rings (SSSR count). The van der Waals surface area contributed by atoms with E-state index in [1.165, 1.54) is 0 Å². The predicted molar refractivity (Wildman–Crippen MR) is 44.5 cm³/mol. The van der Waals surface area contributed by atoms with Crippen molar-refractivity contribution in [3.63, 3.8) is 0 Å². The first-order chi connectivity index (χ1) is 7.20. The molecule has 0 radical (unpaired) electrons. The highest BCUT2D eigenvalue weighted by Crippen LogP contribution is 2.30. The van der Waals surface area contributed by atoms with Crippen molar-refractivity contribution in [2.24, 2.45) is 0 Å². The Morgan fingerprint density at radius 3 is 2.38 bits per heavy atom. The van der Waals surface area contributed by atoms with E-state index in [4.69, 9.17) is 0 Å². The van der Waals surface area contributed by atoms with Crippen LogP contribution in [-0.2, 0) is 0 Å². The molecule has 88 valence electrons. The molecule has 0 saturated carbocycles. The topological polar surface area (TPSA) is 52.4 Å². The second-order valence-electron chi connectivity index (χ2n) is 2.88. The van der Waals surface area contributed by atoms with Crippen molar-refractivity contribution in [1.82, 2.24) is 0 Å². The van der Waals surface area contributed by atoms with Crippen LogP contribution in [0.4, 0.5) is 23.2 Å². The zero-order valence-corrected chi connectivity index (χ0v) is 7.84. The first-order valence-electron chi connectivity index (χ1n) is 3.91. The number of nitro benzene ring substituents is 1. The Labute approximate surface area is 86.6 Å². The molecule has 0 aliphatic heterocycles. The van der Waals surface area contributed by atoms with Crippen LogP contribution in [0.3, 0.4) is 0 Å². The zero-order valence-electron chi connectivity index (χ0n) is 7.84. The third-order valence-corrected chi connectivity index (χ3v) is 1.64. The summed E-state index contributed by atoms with van der Waals surface area (Å²) in [5.41, 5.74) is -1.35. The van der Waals surface area contributed by atoms with Gasteiger partial charge >= 0.3 is 12.0 Å². The lowest BCUT2D eigenvalue weighted by atomic mass is 10.2. The first-order valence-corrected chi connectivity index (χ1v) is 3.91. The van der Waals surface area contributed by atoms with Gasteiger partial charge in [-0.05, 0) is 18.6 Å². The zero-order chi connectivity index (χ0) is 12.5. The fourth-order valence-electron chi connectivity index (χ4n) is 1.04. The molecular formula is C8H5F4NO3. The summed E-state index contributed by atoms with van der Waals surface area (Å²) in [5, 5.41) is 10.3. The molecule has 0 N–H and O–H groups in total. The molecule has 0 aliphatic carbocycles. The Balaban J connectivity index is 3.19. The van der Waals surface area contributed by atoms with Crippen LogP contribution in [0.5, 0.6) is 5.75 Å². The predicted octanol–water partition coefficient (Wildman–Crippen LogP) is 2.94. The number of aryl methyl sites for hydroxylation is 1. The average Bonchev–Trinajstić information content (AvgIpc) is 2.07. The Morgan fingerprint density at radius 2 is 1.94 bits per heavy atom. The minimum atomic E-state index is -4.97. The first kappa shape index (κ1) is 12.2. The summed E-state index contributed by atoms with van der Waals surface area (Å²) in [6.07, 6.45) is -4.97. The fraction of sp³-hybridized carbons (Fsp3) is 0.250. The van der Waals surface area contributed by atoms with Gasteiger partial charge < -0.3 is 4.74 Å². The van der Waals surface area contributed by atoms with Gasteiger partial charge in [-0.3, -0.25) is 10.1 Å². The Hall–Kier alpha value is -1.86. The molecule has 0 atom stereocenters. The maximum absolute atomic E-state index is 13.1. The van der Waals surface area contributed by atoms with Gasteiger partial charge in [0, 0.05) is 0 Å². The van der Waals surface area contributed by atoms with Gasteiger partial charge in [0.2, 0.25) is 5.82 Å². The number of hydrogen-bond acceptors (Lipinski definition) is 3. The second kappa shape index (κ2) is 3.95. The lowest BCUT2D eigenvalue weighted by molar-refractivity contribution is -0.387. The second-order valence-corrected chi connectivity index (χ2v) is 2.88. The maximum Gasteiger partial charge on any atom is 0.573 e. The van der Waals surface area contributed by atoms with Gasteiger partial charge in [0.1, 0.15) is 5.75 Å². The summed E-state index contributed by atoms with van der Waals surface area (Å²) in [6.45, 7) is 1.10. The van der Waals surface area contributed by atoms with Gasteiger partial charge in [0.15, 0.2) is 0 Å². The van der Waals surface area contributed by atoms with E-state index in [9.17, 15) is 27.7 Å². The third-order valence-electron chi connectivity index (χ3n) is 1.64. The molecule has 0 saturated heterocycles. The fourth-order valence-corrected chi connectivity index (χ4v) is 1.04. The lowest BCUT2D eigenvalue weighted by Crippen LogP contribution is -2.17. The highest BCUT2D eigenvalue weighted by Gasteiger charge is 2.32. The standard InChI is InChI=1S/C8H5F4NO3/c1-4-2-5(16-8(10,11)12)3-6(7(4)9)13(14)15/h2-3H,1H3. The molecule has 1 aromatic rings. The van der Waals surface area contributed by atoms with Gasteiger partial charge in [0.25, 0.3) is 0 Å². The number of halogens is 4. The van der Waals surface area contributed by atoms with Crippen molar-refractivity contribution < 1.29 is 27.2 Å². The number of nitro groups is 1. The number of alkyl halides is 3. The summed E-state index contributed by atoms with van der Waals surface area (Å²) < 4.78 is 52.0. The van der Waals surface area contributed by atoms with Crippen molar-refractivity contribution in [3.05, 3.63) is 33.6 Å². The molecule has 0 unspecified atom stereocenters. The molecule has 0 heterocycles. The van der Waals surface area contributed by atoms with Gasteiger partial charge in [0.05, 0.1) is 11.0 Å². The molecule has 0 aromatic heterocycles. The van der Waals surface area contributed by atoms with Crippen molar-refractivity contribution in [3.8, 4) is 5.75 Å². The minimum Gasteiger partial charge on any atom is -0.406 e. The third kappa shape index (κ3) is 2.81. The van der Waals surface area contributed by atoms with Crippen LogP contribution in [0.25, 0.3) is 0 Å². The number of nitrogens with zero attached hydrogens (tertiary/aromatic N) is 1. The Bertz CT molecular complexity index is 430. The van der Waals surface area contributed by atoms with Crippen LogP contribution in [0.15, 0.2) is 12.1 Å². The molecule has 0 fully saturated rings. The van der Waals surface area contributed by atoms with Gasteiger partial charge in [-0.2, -0.15) is 4.39 Å². The van der Waals surface area contributed by atoms with Crippen molar-refractivity contribution >= 4 is 5.69 Å². The van der Waals surface area contributed by atoms with Gasteiger partial charge in [-0.15, -0.1) is 13.2 Å². The average molecular weight is 239 g/mol. The summed E-state index contributed by atoms with van der Waals surface area (Å²) in [5.74, 6) is -2.00. The normalized spacial score (nSPS) is 11.3. The van der Waals surface area contributed by atoms with E-state index >= 15 is 0 Å². The van der Waals surface area contributed by atoms with E-state index in [0.717, 1.165) is 13.0 Å². The van der Waals surface area contributed by atoms with E-state index in [1.54, 1.807) is 0 Å². The molecule has 0 aliphatic rings. The number of benzene rings is 1. The summed E-state index contributed by atoms with van der Waals surface area (Å²) in [4.78, 5) is 9.20. The van der Waals surface area contributed by atoms with E-state index in [0.29, 0.717) is 6.07 Å². The molecule has 0 spiro atoms. The minimum absolute atomic E-state index is 0.298. The van der Waals surface area contributed by atoms with E-state index < -0.39 is 28.5 Å². The SMILES string of the molecule is Cc1cc(OC(F)(F)F)cc([N+](=O)[O-])c1F. The number of rotatable bonds is 2. The van der Waals surface area contributed by atoms with Crippen LogP contribution in [0.1, 0.15) is 5.56 Å². The van der Waals surface area contributed by atoms with Gasteiger partial charge in [-0.25, -0.2) is 0 Å².